The zero-order chi connectivity index (χ0) is 10.7. The molecule has 1 aliphatic rings. The van der Waals surface area contributed by atoms with Crippen LogP contribution in [0.4, 0.5) is 0 Å². The standard InChI is InChI=1S/C6H13NO6S/c8-1-4-6(10)5(9)3(2-13-4)7-14(11)12/h3-10H,1-2H2,(H,11,12)/t3-,4+,5+,6+/m0/s1. The van der Waals surface area contributed by atoms with Crippen molar-refractivity contribution < 1.29 is 28.8 Å². The number of hydrogen-bond acceptors (Lipinski definition) is 5. The molecule has 0 aromatic heterocycles. The van der Waals surface area contributed by atoms with Crippen LogP contribution >= 0.6 is 0 Å². The van der Waals surface area contributed by atoms with Crippen molar-refractivity contribution >= 4 is 11.3 Å². The van der Waals surface area contributed by atoms with Gasteiger partial charge in [-0.25, -0.2) is 8.93 Å². The van der Waals surface area contributed by atoms with Gasteiger partial charge in [0.15, 0.2) is 0 Å². The summed E-state index contributed by atoms with van der Waals surface area (Å²) in [6.45, 7) is -0.455. The Morgan fingerprint density at radius 1 is 1.43 bits per heavy atom. The molecule has 7 nitrogen and oxygen atoms in total. The average Bonchev–Trinajstić information content (AvgIpc) is 2.13. The third-order valence-electron chi connectivity index (χ3n) is 2.07. The van der Waals surface area contributed by atoms with Crippen molar-refractivity contribution in [2.75, 3.05) is 13.2 Å². The largest absolute Gasteiger partial charge is 0.394 e. The van der Waals surface area contributed by atoms with Gasteiger partial charge in [-0.15, -0.1) is 0 Å². The zero-order valence-electron chi connectivity index (χ0n) is 7.24. The second-order valence-corrected chi connectivity index (χ2v) is 3.74. The van der Waals surface area contributed by atoms with E-state index in [0.717, 1.165) is 0 Å². The highest BCUT2D eigenvalue weighted by Crippen LogP contribution is 2.15. The Morgan fingerprint density at radius 2 is 2.07 bits per heavy atom. The van der Waals surface area contributed by atoms with Crippen LogP contribution in [0.2, 0.25) is 0 Å². The first-order valence-corrected chi connectivity index (χ1v) is 5.12. The SMILES string of the molecule is O=S(O)N[C@H]1CO[C@H](CO)[C@@H](O)[C@@H]1O. The summed E-state index contributed by atoms with van der Waals surface area (Å²) in [6, 6.07) is -0.821. The first kappa shape index (κ1) is 12.0. The van der Waals surface area contributed by atoms with Gasteiger partial charge < -0.3 is 20.1 Å². The van der Waals surface area contributed by atoms with Gasteiger partial charge in [0.25, 0.3) is 0 Å². The van der Waals surface area contributed by atoms with Crippen molar-refractivity contribution in [2.45, 2.75) is 24.4 Å². The van der Waals surface area contributed by atoms with Gasteiger partial charge in [0.1, 0.15) is 18.3 Å². The minimum atomic E-state index is -2.28. The fourth-order valence-electron chi connectivity index (χ4n) is 1.28. The number of hydrogen-bond donors (Lipinski definition) is 5. The maximum Gasteiger partial charge on any atom is 0.232 e. The zero-order valence-corrected chi connectivity index (χ0v) is 8.05. The molecule has 1 heterocycles. The van der Waals surface area contributed by atoms with Crippen molar-refractivity contribution in [3.63, 3.8) is 0 Å². The minimum Gasteiger partial charge on any atom is -0.394 e. The van der Waals surface area contributed by atoms with Crippen molar-refractivity contribution in [2.24, 2.45) is 0 Å². The molecule has 5 N–H and O–H groups in total. The van der Waals surface area contributed by atoms with E-state index in [1.165, 1.54) is 0 Å². The topological polar surface area (TPSA) is 119 Å². The monoisotopic (exact) mass is 227 g/mol. The fraction of sp³-hybridized carbons (Fsp3) is 1.00. The first-order valence-electron chi connectivity index (χ1n) is 4.02. The summed E-state index contributed by atoms with van der Waals surface area (Å²) in [7, 11) is 0. The molecule has 0 aromatic carbocycles. The summed E-state index contributed by atoms with van der Waals surface area (Å²) in [5, 5.41) is 27.5. The molecule has 0 amide bonds. The van der Waals surface area contributed by atoms with E-state index in [-0.39, 0.29) is 6.61 Å². The number of ether oxygens (including phenoxy) is 1. The quantitative estimate of drug-likeness (QED) is 0.332. The molecule has 1 fully saturated rings. The average molecular weight is 227 g/mol. The van der Waals surface area contributed by atoms with E-state index in [9.17, 15) is 14.4 Å². The van der Waals surface area contributed by atoms with Gasteiger partial charge >= 0.3 is 0 Å². The molecule has 0 aliphatic carbocycles. The normalized spacial score (nSPS) is 40.9. The Hall–Kier alpha value is -0.0900. The highest BCUT2D eigenvalue weighted by Gasteiger charge is 2.38. The van der Waals surface area contributed by atoms with Crippen LogP contribution in [0.25, 0.3) is 0 Å². The Kier molecular flexibility index (Phi) is 4.38. The van der Waals surface area contributed by atoms with Gasteiger partial charge in [-0.1, -0.05) is 0 Å². The number of aliphatic hydroxyl groups excluding tert-OH is 3. The smallest absolute Gasteiger partial charge is 0.232 e. The molecular formula is C6H13NO6S. The highest BCUT2D eigenvalue weighted by molar-refractivity contribution is 7.77. The summed E-state index contributed by atoms with van der Waals surface area (Å²) in [5.41, 5.74) is 0. The molecule has 0 aromatic rings. The van der Waals surface area contributed by atoms with Crippen LogP contribution in [-0.2, 0) is 16.0 Å². The third-order valence-corrected chi connectivity index (χ3v) is 2.57. The van der Waals surface area contributed by atoms with E-state index in [1.807, 2.05) is 0 Å². The summed E-state index contributed by atoms with van der Waals surface area (Å²) in [5.74, 6) is 0. The Labute approximate surface area is 83.1 Å². The molecule has 0 radical (unpaired) electrons. The van der Waals surface area contributed by atoms with Crippen LogP contribution in [0.1, 0.15) is 0 Å². The Morgan fingerprint density at radius 3 is 2.57 bits per heavy atom. The van der Waals surface area contributed by atoms with Crippen LogP contribution in [0.3, 0.4) is 0 Å². The predicted molar refractivity (Wildman–Crippen MR) is 46.5 cm³/mol. The molecule has 0 spiro atoms. The van der Waals surface area contributed by atoms with Gasteiger partial charge in [0, 0.05) is 0 Å². The van der Waals surface area contributed by atoms with Crippen molar-refractivity contribution in [1.29, 1.82) is 0 Å². The lowest BCUT2D eigenvalue weighted by Gasteiger charge is -2.36. The summed E-state index contributed by atoms with van der Waals surface area (Å²) in [6.07, 6.45) is -3.36. The van der Waals surface area contributed by atoms with Crippen molar-refractivity contribution in [1.82, 2.24) is 4.72 Å². The highest BCUT2D eigenvalue weighted by atomic mass is 32.2. The lowest BCUT2D eigenvalue weighted by atomic mass is 9.99. The molecule has 0 bridgehead atoms. The molecule has 1 unspecified atom stereocenters. The molecule has 8 heteroatoms. The predicted octanol–water partition coefficient (Wildman–Crippen LogP) is -2.81. The molecular weight excluding hydrogens is 214 g/mol. The number of nitrogens with one attached hydrogen (secondary N) is 1. The van der Waals surface area contributed by atoms with Gasteiger partial charge in [0.2, 0.25) is 11.3 Å². The maximum atomic E-state index is 10.4. The molecule has 1 aliphatic heterocycles. The van der Waals surface area contributed by atoms with Gasteiger partial charge in [-0.2, -0.15) is 0 Å². The molecule has 14 heavy (non-hydrogen) atoms. The van der Waals surface area contributed by atoms with E-state index in [4.69, 9.17) is 14.4 Å². The van der Waals surface area contributed by atoms with Crippen LogP contribution in [0.5, 0.6) is 0 Å². The number of rotatable bonds is 3. The molecule has 0 saturated carbocycles. The maximum absolute atomic E-state index is 10.4. The number of aliphatic hydroxyl groups is 3. The molecule has 84 valence electrons. The van der Waals surface area contributed by atoms with Crippen LogP contribution in [0.15, 0.2) is 0 Å². The lowest BCUT2D eigenvalue weighted by Crippen LogP contribution is -2.59. The van der Waals surface area contributed by atoms with Crippen LogP contribution in [0, 0.1) is 0 Å². The van der Waals surface area contributed by atoms with Crippen LogP contribution in [-0.4, -0.2) is 61.6 Å². The van der Waals surface area contributed by atoms with E-state index < -0.39 is 42.2 Å². The fourth-order valence-corrected chi connectivity index (χ4v) is 1.74. The first-order chi connectivity index (χ1) is 6.56. The summed E-state index contributed by atoms with van der Waals surface area (Å²) < 4.78 is 25.9. The molecule has 1 saturated heterocycles. The molecule has 5 atom stereocenters. The third kappa shape index (κ3) is 2.70. The van der Waals surface area contributed by atoms with Crippen molar-refractivity contribution in [3.8, 4) is 0 Å². The van der Waals surface area contributed by atoms with Gasteiger partial charge in [-0.3, -0.25) is 4.55 Å². The minimum absolute atomic E-state index is 0.0459. The summed E-state index contributed by atoms with van der Waals surface area (Å²) >= 11 is -2.28. The van der Waals surface area contributed by atoms with E-state index in [1.54, 1.807) is 0 Å². The van der Waals surface area contributed by atoms with Gasteiger partial charge in [0.05, 0.1) is 19.3 Å². The van der Waals surface area contributed by atoms with E-state index >= 15 is 0 Å². The second kappa shape index (κ2) is 5.12. The van der Waals surface area contributed by atoms with E-state index in [2.05, 4.69) is 4.72 Å². The second-order valence-electron chi connectivity index (χ2n) is 3.01. The van der Waals surface area contributed by atoms with Gasteiger partial charge in [-0.05, 0) is 0 Å². The van der Waals surface area contributed by atoms with E-state index in [0.29, 0.717) is 0 Å². The van der Waals surface area contributed by atoms with Crippen LogP contribution < -0.4 is 4.72 Å². The lowest BCUT2D eigenvalue weighted by molar-refractivity contribution is -0.158. The Bertz CT molecular complexity index is 214. The summed E-state index contributed by atoms with van der Waals surface area (Å²) in [4.78, 5) is 0. The Balaban J connectivity index is 2.54. The van der Waals surface area contributed by atoms with Crippen molar-refractivity contribution in [3.05, 3.63) is 0 Å². The molecule has 1 rings (SSSR count).